The molecule has 0 aliphatic carbocycles. The summed E-state index contributed by atoms with van der Waals surface area (Å²) in [5.41, 5.74) is 1.84. The molecule has 146 valence electrons. The molecule has 0 aromatic heterocycles. The number of fused-ring (bicyclic) bond motifs is 1. The molecule has 1 N–H and O–H groups in total. The van der Waals surface area contributed by atoms with E-state index in [0.717, 1.165) is 6.42 Å². The van der Waals surface area contributed by atoms with E-state index in [4.69, 9.17) is 4.74 Å². The zero-order valence-electron chi connectivity index (χ0n) is 16.2. The van der Waals surface area contributed by atoms with Crippen LogP contribution >= 0.6 is 11.8 Å². The molecule has 0 bridgehead atoms. The van der Waals surface area contributed by atoms with Crippen molar-refractivity contribution in [2.24, 2.45) is 0 Å². The van der Waals surface area contributed by atoms with E-state index in [1.165, 1.54) is 5.56 Å². The van der Waals surface area contributed by atoms with E-state index >= 15 is 0 Å². The first-order valence-corrected chi connectivity index (χ1v) is 10.3. The van der Waals surface area contributed by atoms with Crippen LogP contribution in [0.25, 0.3) is 0 Å². The zero-order chi connectivity index (χ0) is 19.8. The quantitative estimate of drug-likeness (QED) is 0.782. The predicted octanol–water partition coefficient (Wildman–Crippen LogP) is 3.13. The van der Waals surface area contributed by atoms with Gasteiger partial charge < -0.3 is 15.0 Å². The van der Waals surface area contributed by atoms with Crippen LogP contribution in [-0.2, 0) is 19.1 Å². The summed E-state index contributed by atoms with van der Waals surface area (Å²) < 4.78 is 5.37. The normalized spacial score (nSPS) is 25.4. The van der Waals surface area contributed by atoms with Gasteiger partial charge in [0.15, 0.2) is 6.10 Å². The maximum absolute atomic E-state index is 12.6. The number of hydrogen-bond acceptors (Lipinski definition) is 5. The molecule has 2 amide bonds. The van der Waals surface area contributed by atoms with Crippen LogP contribution < -0.4 is 5.32 Å². The smallest absolute Gasteiger partial charge is 0.330 e. The Bertz CT molecular complexity index is 749. The lowest BCUT2D eigenvalue weighted by Gasteiger charge is -2.29. The van der Waals surface area contributed by atoms with Crippen LogP contribution in [0.3, 0.4) is 0 Å². The standard InChI is InChI=1S/C20H26N2O4S/c1-12(2)14-5-7-15(8-6-14)21-18(24)13(3)26-19(25)16-11-27-20(4)10-9-17(23)22(16)20/h5-8,12-13,16H,9-11H2,1-4H3,(H,21,24)/t13-,16+,20-/m0/s1. The molecule has 0 unspecified atom stereocenters. The average Bonchev–Trinajstić information content (AvgIpc) is 3.11. The highest BCUT2D eigenvalue weighted by Gasteiger charge is 2.53. The molecule has 2 heterocycles. The summed E-state index contributed by atoms with van der Waals surface area (Å²) in [5.74, 6) is -0.00251. The summed E-state index contributed by atoms with van der Waals surface area (Å²) >= 11 is 1.60. The lowest BCUT2D eigenvalue weighted by atomic mass is 10.0. The second-order valence-electron chi connectivity index (χ2n) is 7.61. The maximum atomic E-state index is 12.6. The minimum absolute atomic E-state index is 0.0215. The van der Waals surface area contributed by atoms with Crippen LogP contribution in [0.4, 0.5) is 5.69 Å². The van der Waals surface area contributed by atoms with Gasteiger partial charge in [0, 0.05) is 17.9 Å². The van der Waals surface area contributed by atoms with Crippen LogP contribution in [0.15, 0.2) is 24.3 Å². The Morgan fingerprint density at radius 1 is 1.26 bits per heavy atom. The second-order valence-corrected chi connectivity index (χ2v) is 9.11. The molecule has 3 atom stereocenters. The number of benzene rings is 1. The van der Waals surface area contributed by atoms with Gasteiger partial charge in [-0.25, -0.2) is 4.79 Å². The van der Waals surface area contributed by atoms with Gasteiger partial charge in [0.05, 0.1) is 4.87 Å². The van der Waals surface area contributed by atoms with Gasteiger partial charge in [-0.05, 0) is 43.9 Å². The third-order valence-electron chi connectivity index (χ3n) is 5.22. The van der Waals surface area contributed by atoms with E-state index in [1.54, 1.807) is 23.6 Å². The summed E-state index contributed by atoms with van der Waals surface area (Å²) in [6.45, 7) is 7.73. The van der Waals surface area contributed by atoms with Crippen LogP contribution in [-0.4, -0.2) is 45.5 Å². The monoisotopic (exact) mass is 390 g/mol. The molecule has 2 saturated heterocycles. The summed E-state index contributed by atoms with van der Waals surface area (Å²) in [5, 5.41) is 2.76. The molecule has 2 aliphatic rings. The zero-order valence-corrected chi connectivity index (χ0v) is 17.0. The van der Waals surface area contributed by atoms with E-state index in [0.29, 0.717) is 23.8 Å². The Balaban J connectivity index is 1.58. The van der Waals surface area contributed by atoms with Gasteiger partial charge in [-0.2, -0.15) is 0 Å². The minimum Gasteiger partial charge on any atom is -0.451 e. The molecular weight excluding hydrogens is 364 g/mol. The number of carbonyl (C=O) groups is 3. The largest absolute Gasteiger partial charge is 0.451 e. The Labute approximate surface area is 164 Å². The van der Waals surface area contributed by atoms with Crippen molar-refractivity contribution in [1.82, 2.24) is 4.90 Å². The maximum Gasteiger partial charge on any atom is 0.330 e. The van der Waals surface area contributed by atoms with Crippen molar-refractivity contribution in [3.63, 3.8) is 0 Å². The first-order valence-electron chi connectivity index (χ1n) is 9.29. The van der Waals surface area contributed by atoms with Crippen molar-refractivity contribution in [1.29, 1.82) is 0 Å². The number of rotatable bonds is 5. The molecule has 0 radical (unpaired) electrons. The van der Waals surface area contributed by atoms with Crippen molar-refractivity contribution in [2.75, 3.05) is 11.1 Å². The lowest BCUT2D eigenvalue weighted by molar-refractivity contribution is -0.160. The van der Waals surface area contributed by atoms with Gasteiger partial charge in [-0.1, -0.05) is 26.0 Å². The first-order chi connectivity index (χ1) is 12.7. The third kappa shape index (κ3) is 3.98. The molecule has 3 rings (SSSR count). The number of ether oxygens (including phenoxy) is 1. The summed E-state index contributed by atoms with van der Waals surface area (Å²) in [7, 11) is 0. The van der Waals surface area contributed by atoms with E-state index in [1.807, 2.05) is 31.2 Å². The number of anilines is 1. The van der Waals surface area contributed by atoms with Gasteiger partial charge >= 0.3 is 5.97 Å². The molecule has 0 saturated carbocycles. The SMILES string of the molecule is CC(C)c1ccc(NC(=O)[C@H](C)OC(=O)[C@H]2CS[C@@]3(C)CCC(=O)N23)cc1. The number of hydrogen-bond donors (Lipinski definition) is 1. The Kier molecular flexibility index (Phi) is 5.51. The molecule has 6 nitrogen and oxygen atoms in total. The number of esters is 1. The Morgan fingerprint density at radius 3 is 2.56 bits per heavy atom. The number of amides is 2. The topological polar surface area (TPSA) is 75.7 Å². The van der Waals surface area contributed by atoms with Crippen LogP contribution in [0, 0.1) is 0 Å². The first kappa shape index (κ1) is 19.7. The van der Waals surface area contributed by atoms with Crippen molar-refractivity contribution in [2.45, 2.75) is 63.5 Å². The molecule has 2 fully saturated rings. The highest BCUT2D eigenvalue weighted by Crippen LogP contribution is 2.47. The van der Waals surface area contributed by atoms with Crippen LogP contribution in [0.2, 0.25) is 0 Å². The second kappa shape index (κ2) is 7.54. The van der Waals surface area contributed by atoms with Crippen molar-refractivity contribution >= 4 is 35.2 Å². The van der Waals surface area contributed by atoms with Gasteiger partial charge in [0.1, 0.15) is 6.04 Å². The number of nitrogens with zero attached hydrogens (tertiary/aromatic N) is 1. The molecule has 1 aromatic rings. The Morgan fingerprint density at radius 2 is 1.93 bits per heavy atom. The lowest BCUT2D eigenvalue weighted by Crippen LogP contribution is -2.48. The third-order valence-corrected chi connectivity index (χ3v) is 6.73. The van der Waals surface area contributed by atoms with Gasteiger partial charge in [-0.3, -0.25) is 9.59 Å². The van der Waals surface area contributed by atoms with E-state index < -0.39 is 18.1 Å². The summed E-state index contributed by atoms with van der Waals surface area (Å²) in [4.78, 5) is 38.4. The minimum atomic E-state index is -0.933. The van der Waals surface area contributed by atoms with Gasteiger partial charge in [0.25, 0.3) is 5.91 Å². The average molecular weight is 391 g/mol. The van der Waals surface area contributed by atoms with E-state index in [-0.39, 0.29) is 16.7 Å². The number of thioether (sulfide) groups is 1. The van der Waals surface area contributed by atoms with Crippen molar-refractivity contribution < 1.29 is 19.1 Å². The fraction of sp³-hybridized carbons (Fsp3) is 0.550. The van der Waals surface area contributed by atoms with Crippen LogP contribution in [0.5, 0.6) is 0 Å². The fourth-order valence-corrected chi connectivity index (χ4v) is 4.91. The van der Waals surface area contributed by atoms with Gasteiger partial charge in [0.2, 0.25) is 5.91 Å². The molecule has 7 heteroatoms. The van der Waals surface area contributed by atoms with E-state index in [2.05, 4.69) is 19.2 Å². The van der Waals surface area contributed by atoms with Crippen molar-refractivity contribution in [3.05, 3.63) is 29.8 Å². The Hall–Kier alpha value is -2.02. The predicted molar refractivity (Wildman–Crippen MR) is 105 cm³/mol. The van der Waals surface area contributed by atoms with Gasteiger partial charge in [-0.15, -0.1) is 11.8 Å². The highest BCUT2D eigenvalue weighted by molar-refractivity contribution is 8.01. The van der Waals surface area contributed by atoms with E-state index in [9.17, 15) is 14.4 Å². The molecular formula is C20H26N2O4S. The van der Waals surface area contributed by atoms with Crippen LogP contribution in [0.1, 0.15) is 52.0 Å². The van der Waals surface area contributed by atoms with Crippen molar-refractivity contribution in [3.8, 4) is 0 Å². The number of nitrogens with one attached hydrogen (secondary N) is 1. The molecule has 2 aliphatic heterocycles. The summed E-state index contributed by atoms with van der Waals surface area (Å²) in [6, 6.07) is 6.99. The summed E-state index contributed by atoms with van der Waals surface area (Å²) in [6.07, 6.45) is 0.259. The molecule has 1 aromatic carbocycles. The molecule has 27 heavy (non-hydrogen) atoms. The fourth-order valence-electron chi connectivity index (χ4n) is 3.50. The molecule has 0 spiro atoms. The number of carbonyl (C=O) groups excluding carboxylic acids is 3. The highest BCUT2D eigenvalue weighted by atomic mass is 32.2.